The Labute approximate surface area is 275 Å². The molecule has 2 amide bonds. The summed E-state index contributed by atoms with van der Waals surface area (Å²) < 4.78 is 22.5. The standard InChI is InChI=1S/C18H25NO4S.C16H20BrNO3/c1-4-15-10-19(11-16(15)17(20)13-24(2,3)22)18(21)23-12-14-8-6-5-7-9-14;1-2-13-9-18(10-14(13)15(19)8-17)16(20)21-11-12-6-4-3-5-7-12/h5-9,13,15-16H,4,10-12H2,1-3H3;3-7,13-14H,2,8-11H2,1H3/t15-,16?;13-,14?/m11/s1. The van der Waals surface area contributed by atoms with E-state index in [4.69, 9.17) is 9.47 Å². The minimum absolute atomic E-state index is 0.0707. The monoisotopic (exact) mass is 704 g/mol. The third-order valence-corrected chi connectivity index (χ3v) is 9.52. The molecule has 0 N–H and O–H groups in total. The Morgan fingerprint density at radius 3 is 1.58 bits per heavy atom. The Bertz CT molecular complexity index is 1400. The van der Waals surface area contributed by atoms with Crippen molar-refractivity contribution in [2.75, 3.05) is 44.0 Å². The number of hydrogen-bond acceptors (Lipinski definition) is 7. The highest BCUT2D eigenvalue weighted by Gasteiger charge is 2.39. The quantitative estimate of drug-likeness (QED) is 0.239. The molecule has 0 radical (unpaired) electrons. The zero-order valence-electron chi connectivity index (χ0n) is 26.6. The molecule has 4 rings (SSSR count). The minimum Gasteiger partial charge on any atom is -0.445 e. The Morgan fingerprint density at radius 1 is 0.756 bits per heavy atom. The maximum Gasteiger partial charge on any atom is 0.410 e. The van der Waals surface area contributed by atoms with Crippen molar-refractivity contribution >= 4 is 54.6 Å². The predicted octanol–water partition coefficient (Wildman–Crippen LogP) is 5.44. The average molecular weight is 706 g/mol. The number of carbonyl (C=O) groups excluding carboxylic acids is 4. The van der Waals surface area contributed by atoms with Gasteiger partial charge in [-0.05, 0) is 32.5 Å². The smallest absolute Gasteiger partial charge is 0.410 e. The van der Waals surface area contributed by atoms with E-state index in [0.29, 0.717) is 31.5 Å². The van der Waals surface area contributed by atoms with E-state index in [1.54, 1.807) is 22.3 Å². The van der Waals surface area contributed by atoms with Gasteiger partial charge in [-0.1, -0.05) is 103 Å². The molecule has 9 nitrogen and oxygen atoms in total. The van der Waals surface area contributed by atoms with Crippen LogP contribution < -0.4 is 0 Å². The van der Waals surface area contributed by atoms with Crippen molar-refractivity contribution < 1.29 is 32.9 Å². The highest BCUT2D eigenvalue weighted by Crippen LogP contribution is 2.29. The van der Waals surface area contributed by atoms with E-state index < -0.39 is 15.6 Å². The third-order valence-electron chi connectivity index (χ3n) is 8.17. The number of carbonyl (C=O) groups is 4. The first kappa shape index (κ1) is 36.3. The minimum atomic E-state index is -2.24. The number of Topliss-reactive ketones (excluding diaryl/α,β-unsaturated/α-hetero) is 2. The SMILES string of the molecule is CC[C@@H]1CN(C(=O)OCc2ccccc2)CC1C(=O)C=S(C)(C)=O.CC[C@@H]1CN(C(=O)OCc2ccccc2)CC1C(=O)CBr. The van der Waals surface area contributed by atoms with Gasteiger partial charge < -0.3 is 19.3 Å². The Kier molecular flexibility index (Phi) is 14.1. The number of likely N-dealkylation sites (tertiary alicyclic amines) is 2. The summed E-state index contributed by atoms with van der Waals surface area (Å²) in [5.74, 6) is -0.00632. The topological polar surface area (TPSA) is 110 Å². The van der Waals surface area contributed by atoms with Gasteiger partial charge in [-0.3, -0.25) is 13.8 Å². The molecule has 2 fully saturated rings. The Hall–Kier alpha value is -3.18. The molecule has 4 atom stereocenters. The van der Waals surface area contributed by atoms with E-state index in [1.807, 2.05) is 67.6 Å². The fourth-order valence-corrected chi connectivity index (χ4v) is 6.79. The van der Waals surface area contributed by atoms with Crippen LogP contribution in [0.15, 0.2) is 60.7 Å². The molecule has 0 aliphatic carbocycles. The maximum absolute atomic E-state index is 12.4. The summed E-state index contributed by atoms with van der Waals surface area (Å²) in [6, 6.07) is 19.1. The van der Waals surface area contributed by atoms with Crippen molar-refractivity contribution in [1.82, 2.24) is 9.80 Å². The fourth-order valence-electron chi connectivity index (χ4n) is 5.64. The highest BCUT2D eigenvalue weighted by atomic mass is 79.9. The van der Waals surface area contributed by atoms with Gasteiger partial charge in [0.2, 0.25) is 0 Å². The number of halogens is 1. The molecule has 45 heavy (non-hydrogen) atoms. The van der Waals surface area contributed by atoms with Gasteiger partial charge in [-0.25, -0.2) is 9.59 Å². The lowest BCUT2D eigenvalue weighted by molar-refractivity contribution is -0.121. The maximum atomic E-state index is 12.4. The number of ketones is 2. The average Bonchev–Trinajstić information content (AvgIpc) is 3.68. The molecule has 0 spiro atoms. The van der Waals surface area contributed by atoms with Crippen molar-refractivity contribution in [2.24, 2.45) is 23.7 Å². The van der Waals surface area contributed by atoms with Crippen molar-refractivity contribution in [2.45, 2.75) is 39.9 Å². The van der Waals surface area contributed by atoms with Gasteiger partial charge in [0.05, 0.1) is 5.33 Å². The summed E-state index contributed by atoms with van der Waals surface area (Å²) in [4.78, 5) is 51.9. The summed E-state index contributed by atoms with van der Waals surface area (Å²) >= 11 is 3.22. The number of amides is 2. The summed E-state index contributed by atoms with van der Waals surface area (Å²) in [5.41, 5.74) is 1.89. The van der Waals surface area contributed by atoms with Crippen molar-refractivity contribution in [3.05, 3.63) is 71.8 Å². The Morgan fingerprint density at radius 2 is 1.18 bits per heavy atom. The number of ether oxygens (including phenoxy) is 2. The molecule has 2 unspecified atom stereocenters. The number of benzene rings is 2. The molecular formula is C34H45BrN2O7S. The van der Waals surface area contributed by atoms with E-state index in [1.165, 1.54) is 5.37 Å². The van der Waals surface area contributed by atoms with Crippen LogP contribution in [0, 0.1) is 23.7 Å². The molecule has 2 saturated heterocycles. The second kappa shape index (κ2) is 17.5. The van der Waals surface area contributed by atoms with Crippen LogP contribution in [0.25, 0.3) is 0 Å². The number of hydrogen-bond donors (Lipinski definition) is 0. The van der Waals surface area contributed by atoms with Gasteiger partial charge >= 0.3 is 12.2 Å². The summed E-state index contributed by atoms with van der Waals surface area (Å²) in [6.45, 7) is 6.44. The molecular weight excluding hydrogens is 660 g/mol. The van der Waals surface area contributed by atoms with Crippen LogP contribution in [0.4, 0.5) is 9.59 Å². The zero-order valence-corrected chi connectivity index (χ0v) is 29.0. The largest absolute Gasteiger partial charge is 0.445 e. The summed E-state index contributed by atoms with van der Waals surface area (Å²) in [7, 11) is -2.24. The molecule has 0 saturated carbocycles. The van der Waals surface area contributed by atoms with Crippen LogP contribution in [0.2, 0.25) is 0 Å². The number of rotatable bonds is 10. The molecule has 0 bridgehead atoms. The van der Waals surface area contributed by atoms with Crippen molar-refractivity contribution in [3.63, 3.8) is 0 Å². The first-order valence-corrected chi connectivity index (χ1v) is 18.8. The van der Waals surface area contributed by atoms with E-state index in [0.717, 1.165) is 24.0 Å². The molecule has 2 aliphatic heterocycles. The molecule has 11 heteroatoms. The predicted molar refractivity (Wildman–Crippen MR) is 181 cm³/mol. The molecule has 2 aromatic rings. The van der Waals surface area contributed by atoms with Crippen LogP contribution in [0.1, 0.15) is 37.8 Å². The lowest BCUT2D eigenvalue weighted by Gasteiger charge is -2.16. The molecule has 2 heterocycles. The van der Waals surface area contributed by atoms with Gasteiger partial charge in [0.25, 0.3) is 0 Å². The van der Waals surface area contributed by atoms with Gasteiger partial charge in [0, 0.05) is 55.9 Å². The number of alkyl halides is 1. The van der Waals surface area contributed by atoms with Crippen molar-refractivity contribution in [1.29, 1.82) is 0 Å². The second-order valence-electron chi connectivity index (χ2n) is 11.9. The first-order valence-electron chi connectivity index (χ1n) is 15.3. The third kappa shape index (κ3) is 11.3. The number of nitrogens with zero attached hydrogens (tertiary/aromatic N) is 2. The molecule has 2 aromatic carbocycles. The van der Waals surface area contributed by atoms with Crippen molar-refractivity contribution in [3.8, 4) is 0 Å². The van der Waals surface area contributed by atoms with E-state index in [-0.39, 0.29) is 54.5 Å². The van der Waals surface area contributed by atoms with Gasteiger partial charge in [-0.15, -0.1) is 0 Å². The lowest BCUT2D eigenvalue weighted by atomic mass is 9.91. The zero-order chi connectivity index (χ0) is 33.0. The first-order chi connectivity index (χ1) is 21.4. The normalized spacial score (nSPS) is 21.0. The van der Waals surface area contributed by atoms with E-state index in [2.05, 4.69) is 22.9 Å². The molecule has 246 valence electrons. The summed E-state index contributed by atoms with van der Waals surface area (Å²) in [6.07, 6.45) is 4.05. The molecule has 2 aliphatic rings. The van der Waals surface area contributed by atoms with E-state index in [9.17, 15) is 23.4 Å². The van der Waals surface area contributed by atoms with Crippen LogP contribution in [-0.4, -0.2) is 87.1 Å². The van der Waals surface area contributed by atoms with Crippen LogP contribution >= 0.6 is 15.9 Å². The Balaban J connectivity index is 0.000000248. The van der Waals surface area contributed by atoms with Crippen LogP contribution in [-0.2, 0) is 41.8 Å². The summed E-state index contributed by atoms with van der Waals surface area (Å²) in [5, 5.41) is 1.67. The van der Waals surface area contributed by atoms with Gasteiger partial charge in [-0.2, -0.15) is 0 Å². The lowest BCUT2D eigenvalue weighted by Crippen LogP contribution is -2.31. The highest BCUT2D eigenvalue weighted by molar-refractivity contribution is 9.09. The second-order valence-corrected chi connectivity index (χ2v) is 15.3. The van der Waals surface area contributed by atoms with Crippen LogP contribution in [0.3, 0.4) is 0 Å². The fraction of sp³-hybridized carbons (Fsp3) is 0.500. The van der Waals surface area contributed by atoms with Gasteiger partial charge in [0.15, 0.2) is 5.78 Å². The van der Waals surface area contributed by atoms with E-state index >= 15 is 0 Å². The van der Waals surface area contributed by atoms with Gasteiger partial charge in [0.1, 0.15) is 19.0 Å². The van der Waals surface area contributed by atoms with Crippen LogP contribution in [0.5, 0.6) is 0 Å². The molecule has 0 aromatic heterocycles.